The van der Waals surface area contributed by atoms with Crippen molar-refractivity contribution in [2.24, 2.45) is 0 Å². The summed E-state index contributed by atoms with van der Waals surface area (Å²) < 4.78 is 0. The molecule has 1 saturated heterocycles. The lowest BCUT2D eigenvalue weighted by Gasteiger charge is -2.35. The first kappa shape index (κ1) is 24.0. The number of carbonyl (C=O) groups is 4. The maximum absolute atomic E-state index is 13.1. The van der Waals surface area contributed by atoms with Crippen LogP contribution in [0, 0.1) is 0 Å². The van der Waals surface area contributed by atoms with E-state index in [1.54, 1.807) is 26.8 Å². The Morgan fingerprint density at radius 3 is 2.19 bits per heavy atom. The van der Waals surface area contributed by atoms with Crippen LogP contribution >= 0.6 is 0 Å². The summed E-state index contributed by atoms with van der Waals surface area (Å²) >= 11 is 0. The molecule has 1 N–H and O–H groups in total. The predicted molar refractivity (Wildman–Crippen MR) is 134 cm³/mol. The highest BCUT2D eigenvalue weighted by atomic mass is 16.2. The maximum atomic E-state index is 13.1. The summed E-state index contributed by atoms with van der Waals surface area (Å²) in [7, 11) is 0. The van der Waals surface area contributed by atoms with E-state index in [-0.39, 0.29) is 36.2 Å². The highest BCUT2D eigenvalue weighted by molar-refractivity contribution is 6.05. The normalized spacial score (nSPS) is 19.5. The SMILES string of the molecule is CC(C)c1ccc(C(=O)N2CCN(C(=O)CNC(=O)C3c4ccccc4C(=O)N3C3CC3)CC2)cc1. The zero-order valence-corrected chi connectivity index (χ0v) is 20.8. The molecule has 1 unspecified atom stereocenters. The minimum absolute atomic E-state index is 0.0320. The largest absolute Gasteiger partial charge is 0.345 e. The molecule has 8 heteroatoms. The van der Waals surface area contributed by atoms with Gasteiger partial charge in [-0.25, -0.2) is 0 Å². The van der Waals surface area contributed by atoms with Gasteiger partial charge in [0.1, 0.15) is 6.04 Å². The molecule has 1 saturated carbocycles. The topological polar surface area (TPSA) is 90.0 Å². The number of nitrogens with zero attached hydrogens (tertiary/aromatic N) is 3. The number of carbonyl (C=O) groups excluding carboxylic acids is 4. The lowest BCUT2D eigenvalue weighted by molar-refractivity contribution is -0.135. The average Bonchev–Trinajstić information content (AvgIpc) is 3.70. The second-order valence-electron chi connectivity index (χ2n) is 10.1. The van der Waals surface area contributed by atoms with E-state index in [1.165, 1.54) is 5.56 Å². The smallest absolute Gasteiger partial charge is 0.255 e. The van der Waals surface area contributed by atoms with Crippen LogP contribution in [0.4, 0.5) is 0 Å². The third-order valence-corrected chi connectivity index (χ3v) is 7.34. The average molecular weight is 489 g/mol. The van der Waals surface area contributed by atoms with E-state index < -0.39 is 6.04 Å². The van der Waals surface area contributed by atoms with Crippen molar-refractivity contribution >= 4 is 23.6 Å². The van der Waals surface area contributed by atoms with Gasteiger partial charge in [0.25, 0.3) is 11.8 Å². The molecule has 0 radical (unpaired) electrons. The summed E-state index contributed by atoms with van der Waals surface area (Å²) in [6, 6.07) is 14.3. The van der Waals surface area contributed by atoms with Crippen LogP contribution in [0.25, 0.3) is 0 Å². The molecule has 2 aliphatic heterocycles. The zero-order valence-electron chi connectivity index (χ0n) is 20.8. The van der Waals surface area contributed by atoms with Crippen LogP contribution in [-0.4, -0.2) is 77.1 Å². The molecule has 3 aliphatic rings. The Labute approximate surface area is 211 Å². The first-order valence-electron chi connectivity index (χ1n) is 12.7. The Balaban J connectivity index is 1.14. The molecule has 0 bridgehead atoms. The molecule has 8 nitrogen and oxygen atoms in total. The van der Waals surface area contributed by atoms with E-state index >= 15 is 0 Å². The molecule has 1 aliphatic carbocycles. The molecule has 1 atom stereocenters. The fourth-order valence-electron chi connectivity index (χ4n) is 5.06. The Morgan fingerprint density at radius 1 is 0.917 bits per heavy atom. The Morgan fingerprint density at radius 2 is 1.56 bits per heavy atom. The van der Waals surface area contributed by atoms with Crippen molar-refractivity contribution in [3.63, 3.8) is 0 Å². The molecule has 4 amide bonds. The lowest BCUT2D eigenvalue weighted by Crippen LogP contribution is -2.53. The summed E-state index contributed by atoms with van der Waals surface area (Å²) in [5.74, 6) is -0.251. The maximum Gasteiger partial charge on any atom is 0.255 e. The molecule has 5 rings (SSSR count). The molecular formula is C28H32N4O4. The van der Waals surface area contributed by atoms with E-state index in [1.807, 2.05) is 36.4 Å². The third-order valence-electron chi connectivity index (χ3n) is 7.34. The summed E-state index contributed by atoms with van der Waals surface area (Å²) in [5, 5.41) is 2.77. The van der Waals surface area contributed by atoms with Crippen LogP contribution in [0.3, 0.4) is 0 Å². The van der Waals surface area contributed by atoms with Crippen LogP contribution in [0.1, 0.15) is 70.5 Å². The van der Waals surface area contributed by atoms with Crippen molar-refractivity contribution in [3.8, 4) is 0 Å². The Hall–Kier alpha value is -3.68. The van der Waals surface area contributed by atoms with Crippen molar-refractivity contribution in [2.75, 3.05) is 32.7 Å². The first-order chi connectivity index (χ1) is 17.3. The zero-order chi connectivity index (χ0) is 25.4. The van der Waals surface area contributed by atoms with Crippen LogP contribution in [0.2, 0.25) is 0 Å². The number of amides is 4. The van der Waals surface area contributed by atoms with Crippen molar-refractivity contribution in [3.05, 3.63) is 70.8 Å². The van der Waals surface area contributed by atoms with Gasteiger partial charge in [0.05, 0.1) is 6.54 Å². The Kier molecular flexibility index (Phi) is 6.51. The van der Waals surface area contributed by atoms with E-state index in [2.05, 4.69) is 19.2 Å². The molecule has 2 heterocycles. The summed E-state index contributed by atoms with van der Waals surface area (Å²) in [5.41, 5.74) is 3.11. The second kappa shape index (κ2) is 9.76. The Bertz CT molecular complexity index is 1180. The molecule has 2 aromatic carbocycles. The predicted octanol–water partition coefficient (Wildman–Crippen LogP) is 2.57. The minimum atomic E-state index is -0.689. The number of fused-ring (bicyclic) bond motifs is 1. The standard InChI is InChI=1S/C28H32N4O4/c1-18(2)19-7-9-20(10-8-19)27(35)31-15-13-30(14-16-31)24(33)17-29-26(34)25-22-5-3-4-6-23(22)28(36)32(25)21-11-12-21/h3-10,18,21,25H,11-17H2,1-2H3,(H,29,34). The second-order valence-corrected chi connectivity index (χ2v) is 10.1. The molecule has 0 aromatic heterocycles. The number of nitrogens with one attached hydrogen (secondary N) is 1. The van der Waals surface area contributed by atoms with Gasteiger partial charge in [0.15, 0.2) is 0 Å². The van der Waals surface area contributed by atoms with Gasteiger partial charge in [0.2, 0.25) is 11.8 Å². The van der Waals surface area contributed by atoms with Gasteiger partial charge in [-0.3, -0.25) is 19.2 Å². The molecule has 0 spiro atoms. The summed E-state index contributed by atoms with van der Waals surface area (Å²) in [6.07, 6.45) is 1.79. The third kappa shape index (κ3) is 4.59. The van der Waals surface area contributed by atoms with Crippen molar-refractivity contribution in [1.29, 1.82) is 0 Å². The van der Waals surface area contributed by atoms with Crippen LogP contribution in [-0.2, 0) is 9.59 Å². The van der Waals surface area contributed by atoms with Crippen molar-refractivity contribution < 1.29 is 19.2 Å². The lowest BCUT2D eigenvalue weighted by atomic mass is 10.0. The number of hydrogen-bond acceptors (Lipinski definition) is 4. The molecule has 36 heavy (non-hydrogen) atoms. The number of hydrogen-bond donors (Lipinski definition) is 1. The van der Waals surface area contributed by atoms with E-state index in [0.717, 1.165) is 12.8 Å². The fourth-order valence-corrected chi connectivity index (χ4v) is 5.06. The van der Waals surface area contributed by atoms with Crippen molar-refractivity contribution in [2.45, 2.75) is 44.7 Å². The van der Waals surface area contributed by atoms with Crippen LogP contribution in [0.5, 0.6) is 0 Å². The minimum Gasteiger partial charge on any atom is -0.345 e. The molecule has 2 fully saturated rings. The van der Waals surface area contributed by atoms with E-state index in [0.29, 0.717) is 48.8 Å². The van der Waals surface area contributed by atoms with Gasteiger partial charge in [-0.2, -0.15) is 0 Å². The molecule has 2 aromatic rings. The molecule has 188 valence electrons. The summed E-state index contributed by atoms with van der Waals surface area (Å²) in [4.78, 5) is 56.8. The first-order valence-corrected chi connectivity index (χ1v) is 12.7. The van der Waals surface area contributed by atoms with Gasteiger partial charge in [-0.1, -0.05) is 44.2 Å². The van der Waals surface area contributed by atoms with Gasteiger partial charge < -0.3 is 20.0 Å². The number of rotatable bonds is 6. The van der Waals surface area contributed by atoms with E-state index in [4.69, 9.17) is 0 Å². The molecular weight excluding hydrogens is 456 g/mol. The number of benzene rings is 2. The van der Waals surface area contributed by atoms with Crippen molar-refractivity contribution in [1.82, 2.24) is 20.0 Å². The van der Waals surface area contributed by atoms with Gasteiger partial charge in [-0.05, 0) is 48.1 Å². The number of piperazine rings is 1. The quantitative estimate of drug-likeness (QED) is 0.677. The fraction of sp³-hybridized carbons (Fsp3) is 0.429. The van der Waals surface area contributed by atoms with Crippen LogP contribution in [0.15, 0.2) is 48.5 Å². The summed E-state index contributed by atoms with van der Waals surface area (Å²) in [6.45, 7) is 5.84. The van der Waals surface area contributed by atoms with Gasteiger partial charge >= 0.3 is 0 Å². The highest BCUT2D eigenvalue weighted by Gasteiger charge is 2.47. The van der Waals surface area contributed by atoms with Gasteiger partial charge in [-0.15, -0.1) is 0 Å². The van der Waals surface area contributed by atoms with E-state index in [9.17, 15) is 19.2 Å². The highest BCUT2D eigenvalue weighted by Crippen LogP contribution is 2.41. The van der Waals surface area contributed by atoms with Crippen LogP contribution < -0.4 is 5.32 Å². The monoisotopic (exact) mass is 488 g/mol. The van der Waals surface area contributed by atoms with Gasteiger partial charge in [0, 0.05) is 43.3 Å².